The Morgan fingerprint density at radius 2 is 2.00 bits per heavy atom. The number of nitro groups is 1. The minimum Gasteiger partial charge on any atom is -0.476 e. The van der Waals surface area contributed by atoms with Crippen LogP contribution >= 0.6 is 0 Å². The van der Waals surface area contributed by atoms with Gasteiger partial charge in [-0.25, -0.2) is 14.8 Å². The lowest BCUT2D eigenvalue weighted by atomic mass is 10.2. The maximum Gasteiger partial charge on any atom is 0.356 e. The molecule has 0 aliphatic heterocycles. The average Bonchev–Trinajstić information content (AvgIpc) is 2.56. The molecule has 126 valence electrons. The summed E-state index contributed by atoms with van der Waals surface area (Å²) < 4.78 is 0. The third kappa shape index (κ3) is 4.63. The average molecular weight is 331 g/mol. The zero-order valence-corrected chi connectivity index (χ0v) is 13.0. The van der Waals surface area contributed by atoms with Gasteiger partial charge in [0.15, 0.2) is 5.69 Å². The van der Waals surface area contributed by atoms with Crippen LogP contribution in [0.5, 0.6) is 0 Å². The minimum atomic E-state index is -1.13. The predicted octanol–water partition coefficient (Wildman–Crippen LogP) is 2.31. The predicted molar refractivity (Wildman–Crippen MR) is 88.4 cm³/mol. The molecule has 0 amide bonds. The van der Waals surface area contributed by atoms with Gasteiger partial charge in [-0.05, 0) is 25.0 Å². The Hall–Kier alpha value is -3.23. The van der Waals surface area contributed by atoms with E-state index in [-0.39, 0.29) is 11.4 Å². The van der Waals surface area contributed by atoms with Crippen LogP contribution in [0.2, 0.25) is 0 Å². The molecular weight excluding hydrogens is 314 g/mol. The van der Waals surface area contributed by atoms with Crippen molar-refractivity contribution in [3.05, 3.63) is 52.0 Å². The number of nitrogens with one attached hydrogen (secondary N) is 2. The molecule has 24 heavy (non-hydrogen) atoms. The molecule has 2 rings (SSSR count). The molecule has 1 aromatic carbocycles. The van der Waals surface area contributed by atoms with E-state index in [9.17, 15) is 14.9 Å². The highest BCUT2D eigenvalue weighted by molar-refractivity contribution is 5.84. The summed E-state index contributed by atoms with van der Waals surface area (Å²) in [5.74, 6) is -0.653. The standard InChI is InChI=1S/C15H17N5O4/c1-10-3-4-11(13(7-10)20(23)24)16-5-2-6-17-14-9-18-12(8-19-14)15(21)22/h3-4,7-9,16H,2,5-6H2,1H3,(H,17,19)(H,21,22). The molecule has 0 unspecified atom stereocenters. The van der Waals surface area contributed by atoms with Crippen molar-refractivity contribution in [1.29, 1.82) is 0 Å². The van der Waals surface area contributed by atoms with Gasteiger partial charge in [0, 0.05) is 19.2 Å². The lowest BCUT2D eigenvalue weighted by Crippen LogP contribution is -2.11. The third-order valence-corrected chi connectivity index (χ3v) is 3.20. The van der Waals surface area contributed by atoms with Crippen molar-refractivity contribution in [3.8, 4) is 0 Å². The van der Waals surface area contributed by atoms with Gasteiger partial charge >= 0.3 is 5.97 Å². The van der Waals surface area contributed by atoms with Crippen LogP contribution in [0.1, 0.15) is 22.5 Å². The fourth-order valence-corrected chi connectivity index (χ4v) is 2.00. The van der Waals surface area contributed by atoms with Gasteiger partial charge in [-0.2, -0.15) is 0 Å². The normalized spacial score (nSPS) is 10.2. The number of rotatable bonds is 8. The molecule has 0 radical (unpaired) electrons. The molecule has 0 spiro atoms. The van der Waals surface area contributed by atoms with Gasteiger partial charge in [0.2, 0.25) is 0 Å². The van der Waals surface area contributed by atoms with E-state index in [4.69, 9.17) is 5.11 Å². The number of aromatic nitrogens is 2. The summed E-state index contributed by atoms with van der Waals surface area (Å²) in [4.78, 5) is 29.0. The number of carboxylic acid groups (broad SMARTS) is 1. The van der Waals surface area contributed by atoms with Gasteiger partial charge in [0.25, 0.3) is 5.69 Å². The SMILES string of the molecule is Cc1ccc(NCCCNc2cnc(C(=O)O)cn2)c([N+](=O)[O-])c1. The molecule has 0 atom stereocenters. The van der Waals surface area contributed by atoms with E-state index in [0.29, 0.717) is 31.0 Å². The minimum absolute atomic E-state index is 0.0538. The summed E-state index contributed by atoms with van der Waals surface area (Å²) in [7, 11) is 0. The van der Waals surface area contributed by atoms with E-state index in [1.807, 2.05) is 6.07 Å². The zero-order valence-electron chi connectivity index (χ0n) is 13.0. The molecule has 0 saturated carbocycles. The van der Waals surface area contributed by atoms with Crippen molar-refractivity contribution >= 4 is 23.2 Å². The van der Waals surface area contributed by atoms with Crippen LogP contribution in [-0.4, -0.2) is 39.1 Å². The quantitative estimate of drug-likeness (QED) is 0.381. The Labute approximate surface area is 137 Å². The van der Waals surface area contributed by atoms with Crippen LogP contribution in [0.15, 0.2) is 30.6 Å². The summed E-state index contributed by atoms with van der Waals surface area (Å²) in [6.07, 6.45) is 3.22. The summed E-state index contributed by atoms with van der Waals surface area (Å²) in [5, 5.41) is 25.8. The molecule has 0 bridgehead atoms. The first-order chi connectivity index (χ1) is 11.5. The highest BCUT2D eigenvalue weighted by Gasteiger charge is 2.12. The summed E-state index contributed by atoms with van der Waals surface area (Å²) in [5.41, 5.74) is 1.25. The fourth-order valence-electron chi connectivity index (χ4n) is 2.00. The number of aromatic carboxylic acids is 1. The van der Waals surface area contributed by atoms with Crippen LogP contribution in [0, 0.1) is 17.0 Å². The summed E-state index contributed by atoms with van der Waals surface area (Å²) in [6, 6.07) is 5.03. The monoisotopic (exact) mass is 331 g/mol. The van der Waals surface area contributed by atoms with Gasteiger partial charge < -0.3 is 15.7 Å². The number of benzene rings is 1. The van der Waals surface area contributed by atoms with E-state index in [1.54, 1.807) is 13.0 Å². The van der Waals surface area contributed by atoms with Gasteiger partial charge in [-0.3, -0.25) is 10.1 Å². The van der Waals surface area contributed by atoms with Crippen molar-refractivity contribution in [2.75, 3.05) is 23.7 Å². The number of carbonyl (C=O) groups is 1. The number of aryl methyl sites for hydroxylation is 1. The van der Waals surface area contributed by atoms with Crippen LogP contribution in [0.25, 0.3) is 0 Å². The molecule has 3 N–H and O–H groups in total. The summed E-state index contributed by atoms with van der Waals surface area (Å²) >= 11 is 0. The van der Waals surface area contributed by atoms with Crippen molar-refractivity contribution in [2.45, 2.75) is 13.3 Å². The van der Waals surface area contributed by atoms with Crippen LogP contribution < -0.4 is 10.6 Å². The number of hydrogen-bond donors (Lipinski definition) is 3. The number of anilines is 2. The van der Waals surface area contributed by atoms with E-state index in [1.165, 1.54) is 18.5 Å². The topological polar surface area (TPSA) is 130 Å². The zero-order chi connectivity index (χ0) is 17.5. The number of nitro benzene ring substituents is 1. The van der Waals surface area contributed by atoms with E-state index in [2.05, 4.69) is 20.6 Å². The lowest BCUT2D eigenvalue weighted by molar-refractivity contribution is -0.384. The Balaban J connectivity index is 1.79. The fraction of sp³-hybridized carbons (Fsp3) is 0.267. The van der Waals surface area contributed by atoms with Crippen molar-refractivity contribution in [1.82, 2.24) is 9.97 Å². The Bertz CT molecular complexity index is 733. The third-order valence-electron chi connectivity index (χ3n) is 3.20. The number of hydrogen-bond acceptors (Lipinski definition) is 7. The lowest BCUT2D eigenvalue weighted by Gasteiger charge is -2.09. The molecule has 1 heterocycles. The molecule has 0 fully saturated rings. The maximum atomic E-state index is 11.0. The molecule has 0 aliphatic carbocycles. The summed E-state index contributed by atoms with van der Waals surface area (Å²) in [6.45, 7) is 2.91. The highest BCUT2D eigenvalue weighted by atomic mass is 16.6. The first-order valence-electron chi connectivity index (χ1n) is 7.25. The maximum absolute atomic E-state index is 11.0. The van der Waals surface area contributed by atoms with Crippen molar-refractivity contribution in [2.24, 2.45) is 0 Å². The number of carboxylic acids is 1. The largest absolute Gasteiger partial charge is 0.476 e. The molecule has 9 nitrogen and oxygen atoms in total. The highest BCUT2D eigenvalue weighted by Crippen LogP contribution is 2.25. The van der Waals surface area contributed by atoms with Gasteiger partial charge in [-0.1, -0.05) is 6.07 Å². The molecule has 0 saturated heterocycles. The molecule has 1 aromatic heterocycles. The van der Waals surface area contributed by atoms with Gasteiger partial charge in [0.1, 0.15) is 11.5 Å². The van der Waals surface area contributed by atoms with Crippen molar-refractivity contribution < 1.29 is 14.8 Å². The van der Waals surface area contributed by atoms with E-state index in [0.717, 1.165) is 5.56 Å². The first-order valence-corrected chi connectivity index (χ1v) is 7.25. The first kappa shape index (κ1) is 17.1. The Morgan fingerprint density at radius 3 is 2.62 bits per heavy atom. The van der Waals surface area contributed by atoms with Crippen LogP contribution in [-0.2, 0) is 0 Å². The van der Waals surface area contributed by atoms with Gasteiger partial charge in [0.05, 0.1) is 17.3 Å². The second-order valence-corrected chi connectivity index (χ2v) is 5.08. The van der Waals surface area contributed by atoms with E-state index >= 15 is 0 Å². The molecule has 9 heteroatoms. The van der Waals surface area contributed by atoms with Crippen LogP contribution in [0.3, 0.4) is 0 Å². The second kappa shape index (κ2) is 7.86. The smallest absolute Gasteiger partial charge is 0.356 e. The molecular formula is C15H17N5O4. The Kier molecular flexibility index (Phi) is 5.61. The van der Waals surface area contributed by atoms with E-state index < -0.39 is 10.9 Å². The van der Waals surface area contributed by atoms with Crippen molar-refractivity contribution in [3.63, 3.8) is 0 Å². The molecule has 2 aromatic rings. The Morgan fingerprint density at radius 1 is 1.25 bits per heavy atom. The second-order valence-electron chi connectivity index (χ2n) is 5.08. The molecule has 0 aliphatic rings. The number of nitrogens with zero attached hydrogens (tertiary/aromatic N) is 3. The van der Waals surface area contributed by atoms with Gasteiger partial charge in [-0.15, -0.1) is 0 Å². The van der Waals surface area contributed by atoms with Crippen LogP contribution in [0.4, 0.5) is 17.2 Å².